The highest BCUT2D eigenvalue weighted by atomic mass is 16.5. The van der Waals surface area contributed by atoms with Crippen LogP contribution in [-0.4, -0.2) is 30.3 Å². The third kappa shape index (κ3) is 5.20. The standard InChI is InChI=1S/C27H30O5/c1-5-31-24(28)18-27(30)16-15-26(3,4)23-17-20(11-14-22(23)27)8-7-19-9-12-21(13-10-19)25(29)32-6-2/h9-14,17,30H,5-6,15-16,18H2,1-4H3. The van der Waals surface area contributed by atoms with Gasteiger partial charge in [-0.25, -0.2) is 4.79 Å². The molecule has 0 saturated heterocycles. The van der Waals surface area contributed by atoms with E-state index in [1.807, 2.05) is 18.2 Å². The second-order valence-electron chi connectivity index (χ2n) is 8.71. The second-order valence-corrected chi connectivity index (χ2v) is 8.71. The Morgan fingerprint density at radius 2 is 1.53 bits per heavy atom. The Hall–Kier alpha value is -3.10. The van der Waals surface area contributed by atoms with Gasteiger partial charge in [-0.05, 0) is 79.6 Å². The van der Waals surface area contributed by atoms with Gasteiger partial charge in [-0.2, -0.15) is 0 Å². The minimum absolute atomic E-state index is 0.0538. The number of ether oxygens (including phenoxy) is 2. The van der Waals surface area contributed by atoms with Crippen molar-refractivity contribution in [2.45, 2.75) is 58.0 Å². The van der Waals surface area contributed by atoms with E-state index in [-0.39, 0.29) is 17.8 Å². The Bertz CT molecular complexity index is 1060. The minimum Gasteiger partial charge on any atom is -0.466 e. The first-order chi connectivity index (χ1) is 15.2. The fraction of sp³-hybridized carbons (Fsp3) is 0.407. The molecular formula is C27H30O5. The molecule has 1 aliphatic carbocycles. The van der Waals surface area contributed by atoms with Gasteiger partial charge in [0.2, 0.25) is 0 Å². The molecule has 1 aliphatic rings. The molecule has 5 heteroatoms. The van der Waals surface area contributed by atoms with Gasteiger partial charge in [0.1, 0.15) is 5.60 Å². The van der Waals surface area contributed by atoms with Gasteiger partial charge in [-0.1, -0.05) is 31.8 Å². The third-order valence-electron chi connectivity index (χ3n) is 5.90. The lowest BCUT2D eigenvalue weighted by molar-refractivity contribution is -0.150. The van der Waals surface area contributed by atoms with Crippen LogP contribution in [0.2, 0.25) is 0 Å². The maximum atomic E-state index is 12.1. The van der Waals surface area contributed by atoms with Gasteiger partial charge in [0, 0.05) is 11.1 Å². The van der Waals surface area contributed by atoms with Crippen molar-refractivity contribution in [1.29, 1.82) is 0 Å². The molecule has 0 radical (unpaired) electrons. The number of fused-ring (bicyclic) bond motifs is 1. The lowest BCUT2D eigenvalue weighted by Gasteiger charge is -2.42. The molecule has 0 saturated carbocycles. The van der Waals surface area contributed by atoms with Crippen LogP contribution in [0, 0.1) is 11.8 Å². The van der Waals surface area contributed by atoms with Crippen molar-refractivity contribution in [2.24, 2.45) is 0 Å². The largest absolute Gasteiger partial charge is 0.466 e. The molecule has 5 nitrogen and oxygen atoms in total. The number of esters is 2. The van der Waals surface area contributed by atoms with Crippen molar-refractivity contribution in [3.8, 4) is 11.8 Å². The quantitative estimate of drug-likeness (QED) is 0.555. The summed E-state index contributed by atoms with van der Waals surface area (Å²) in [5.41, 5.74) is 2.50. The first-order valence-electron chi connectivity index (χ1n) is 11.0. The van der Waals surface area contributed by atoms with E-state index in [0.717, 1.165) is 28.7 Å². The summed E-state index contributed by atoms with van der Waals surface area (Å²) in [6.45, 7) is 8.44. The summed E-state index contributed by atoms with van der Waals surface area (Å²) in [4.78, 5) is 23.9. The first-order valence-corrected chi connectivity index (χ1v) is 11.0. The Balaban J connectivity index is 1.87. The Kier molecular flexibility index (Phi) is 7.06. The van der Waals surface area contributed by atoms with Gasteiger partial charge in [0.25, 0.3) is 0 Å². The van der Waals surface area contributed by atoms with Crippen LogP contribution in [0.25, 0.3) is 0 Å². The van der Waals surface area contributed by atoms with Crippen molar-refractivity contribution in [3.63, 3.8) is 0 Å². The smallest absolute Gasteiger partial charge is 0.338 e. The number of rotatable bonds is 5. The van der Waals surface area contributed by atoms with Crippen molar-refractivity contribution < 1.29 is 24.2 Å². The van der Waals surface area contributed by atoms with Crippen LogP contribution < -0.4 is 0 Å². The maximum Gasteiger partial charge on any atom is 0.338 e. The van der Waals surface area contributed by atoms with E-state index in [9.17, 15) is 14.7 Å². The van der Waals surface area contributed by atoms with E-state index >= 15 is 0 Å². The predicted octanol–water partition coefficient (Wildman–Crippen LogP) is 4.48. The summed E-state index contributed by atoms with van der Waals surface area (Å²) in [5, 5.41) is 11.3. The molecule has 0 spiro atoms. The zero-order chi connectivity index (χ0) is 23.4. The zero-order valence-corrected chi connectivity index (χ0v) is 19.2. The molecule has 1 unspecified atom stereocenters. The van der Waals surface area contributed by atoms with Gasteiger partial charge < -0.3 is 14.6 Å². The lowest BCUT2D eigenvalue weighted by Crippen LogP contribution is -2.39. The summed E-state index contributed by atoms with van der Waals surface area (Å²) in [7, 11) is 0. The van der Waals surface area contributed by atoms with E-state index in [0.29, 0.717) is 25.2 Å². The van der Waals surface area contributed by atoms with Crippen LogP contribution in [0.5, 0.6) is 0 Å². The molecule has 3 rings (SSSR count). The Morgan fingerprint density at radius 3 is 2.19 bits per heavy atom. The fourth-order valence-electron chi connectivity index (χ4n) is 4.06. The fourth-order valence-corrected chi connectivity index (χ4v) is 4.06. The molecule has 168 valence electrons. The van der Waals surface area contributed by atoms with Crippen molar-refractivity contribution in [3.05, 3.63) is 70.3 Å². The molecule has 0 aromatic heterocycles. The molecule has 0 amide bonds. The summed E-state index contributed by atoms with van der Waals surface area (Å²) in [5.74, 6) is 5.56. The van der Waals surface area contributed by atoms with E-state index in [1.54, 1.807) is 38.1 Å². The highest BCUT2D eigenvalue weighted by Crippen LogP contribution is 2.46. The monoisotopic (exact) mass is 434 g/mol. The van der Waals surface area contributed by atoms with Crippen molar-refractivity contribution in [1.82, 2.24) is 0 Å². The average molecular weight is 435 g/mol. The summed E-state index contributed by atoms with van der Waals surface area (Å²) < 4.78 is 10.1. The van der Waals surface area contributed by atoms with Gasteiger partial charge in [-0.15, -0.1) is 0 Å². The van der Waals surface area contributed by atoms with Crippen LogP contribution in [0.1, 0.15) is 79.6 Å². The molecule has 0 aliphatic heterocycles. The van der Waals surface area contributed by atoms with Gasteiger partial charge in [0.15, 0.2) is 0 Å². The normalized spacial score (nSPS) is 18.7. The number of carbonyl (C=O) groups is 2. The number of carbonyl (C=O) groups excluding carboxylic acids is 2. The van der Waals surface area contributed by atoms with Crippen molar-refractivity contribution >= 4 is 11.9 Å². The molecular weight excluding hydrogens is 404 g/mol. The lowest BCUT2D eigenvalue weighted by atomic mass is 9.65. The summed E-state index contributed by atoms with van der Waals surface area (Å²) >= 11 is 0. The zero-order valence-electron chi connectivity index (χ0n) is 19.2. The molecule has 2 aromatic rings. The molecule has 1 N–H and O–H groups in total. The van der Waals surface area contributed by atoms with Crippen LogP contribution in [0.3, 0.4) is 0 Å². The first kappa shape index (κ1) is 23.6. The summed E-state index contributed by atoms with van der Waals surface area (Å²) in [6, 6.07) is 12.7. The number of hydrogen-bond acceptors (Lipinski definition) is 5. The molecule has 32 heavy (non-hydrogen) atoms. The van der Waals surface area contributed by atoms with E-state index in [4.69, 9.17) is 9.47 Å². The highest BCUT2D eigenvalue weighted by Gasteiger charge is 2.43. The Morgan fingerprint density at radius 1 is 0.906 bits per heavy atom. The highest BCUT2D eigenvalue weighted by molar-refractivity contribution is 5.89. The number of hydrogen-bond donors (Lipinski definition) is 1. The molecule has 0 fully saturated rings. The summed E-state index contributed by atoms with van der Waals surface area (Å²) in [6.07, 6.45) is 1.20. The maximum absolute atomic E-state index is 12.1. The number of aliphatic hydroxyl groups is 1. The van der Waals surface area contributed by atoms with Crippen LogP contribution in [-0.2, 0) is 25.3 Å². The van der Waals surface area contributed by atoms with Crippen LogP contribution >= 0.6 is 0 Å². The van der Waals surface area contributed by atoms with E-state index < -0.39 is 11.6 Å². The van der Waals surface area contributed by atoms with Gasteiger partial charge in [-0.3, -0.25) is 4.79 Å². The third-order valence-corrected chi connectivity index (χ3v) is 5.90. The second kappa shape index (κ2) is 9.58. The van der Waals surface area contributed by atoms with Crippen LogP contribution in [0.4, 0.5) is 0 Å². The SMILES string of the molecule is CCOC(=O)CC1(O)CCC(C)(C)c2cc(C#Cc3ccc(C(=O)OCC)cc3)ccc21. The van der Waals surface area contributed by atoms with Gasteiger partial charge in [0.05, 0.1) is 25.2 Å². The molecule has 0 heterocycles. The van der Waals surface area contributed by atoms with Gasteiger partial charge >= 0.3 is 11.9 Å². The molecule has 1 atom stereocenters. The molecule has 2 aromatic carbocycles. The van der Waals surface area contributed by atoms with E-state index in [1.165, 1.54) is 0 Å². The molecule has 0 bridgehead atoms. The number of benzene rings is 2. The van der Waals surface area contributed by atoms with Crippen molar-refractivity contribution in [2.75, 3.05) is 13.2 Å². The average Bonchev–Trinajstić information content (AvgIpc) is 2.76. The Labute approximate surface area is 189 Å². The topological polar surface area (TPSA) is 72.8 Å². The predicted molar refractivity (Wildman–Crippen MR) is 122 cm³/mol. The minimum atomic E-state index is -1.23. The van der Waals surface area contributed by atoms with E-state index in [2.05, 4.69) is 25.7 Å². The van der Waals surface area contributed by atoms with Crippen LogP contribution in [0.15, 0.2) is 42.5 Å².